The fraction of sp³-hybridized carbons (Fsp3) is 1.00. The minimum atomic E-state index is -0.831. The van der Waals surface area contributed by atoms with Crippen LogP contribution in [0.25, 0.3) is 0 Å². The zero-order chi connectivity index (χ0) is 24.1. The van der Waals surface area contributed by atoms with Gasteiger partial charge in [-0.25, -0.2) is 0 Å². The summed E-state index contributed by atoms with van der Waals surface area (Å²) >= 11 is 4.63. The molecule has 0 saturated carbocycles. The first-order chi connectivity index (χ1) is 12.4. The van der Waals surface area contributed by atoms with Gasteiger partial charge in [-0.05, 0) is 57.0 Å². The van der Waals surface area contributed by atoms with Crippen molar-refractivity contribution in [1.82, 2.24) is 0 Å². The maximum absolute atomic E-state index is 12.3. The lowest BCUT2D eigenvalue weighted by atomic mass is 9.41. The SMILES string of the molecule is CCC(C)(C)C(C)(C)C(C)(C)C(C)(C)C(C)(O)C(C)C(C)(C)C(C)C(C)(C)CS. The van der Waals surface area contributed by atoms with Gasteiger partial charge in [0.05, 0.1) is 5.60 Å². The van der Waals surface area contributed by atoms with Gasteiger partial charge in [-0.2, -0.15) is 12.6 Å². The van der Waals surface area contributed by atoms with Crippen LogP contribution in [0, 0.1) is 44.3 Å². The molecule has 0 aromatic rings. The molecule has 2 heteroatoms. The summed E-state index contributed by atoms with van der Waals surface area (Å²) in [6.07, 6.45) is 1.12. The van der Waals surface area contributed by atoms with E-state index >= 15 is 0 Å². The van der Waals surface area contributed by atoms with Crippen molar-refractivity contribution in [3.8, 4) is 0 Å². The lowest BCUT2D eigenvalue weighted by Gasteiger charge is -2.65. The number of hydrogen-bond donors (Lipinski definition) is 2. The van der Waals surface area contributed by atoms with Gasteiger partial charge in [0.15, 0.2) is 0 Å². The molecule has 1 nitrogen and oxygen atoms in total. The topological polar surface area (TPSA) is 20.2 Å². The Labute approximate surface area is 190 Å². The van der Waals surface area contributed by atoms with E-state index in [-0.39, 0.29) is 38.4 Å². The van der Waals surface area contributed by atoms with Crippen LogP contribution in [0.2, 0.25) is 0 Å². The predicted octanol–water partition coefficient (Wildman–Crippen LogP) is 8.51. The Morgan fingerprint density at radius 3 is 1.34 bits per heavy atom. The first kappa shape index (κ1) is 29.3. The zero-order valence-corrected chi connectivity index (χ0v) is 23.9. The molecule has 0 aromatic heterocycles. The Bertz CT molecular complexity index is 549. The Balaban J connectivity index is 6.41. The molecule has 0 heterocycles. The van der Waals surface area contributed by atoms with Crippen molar-refractivity contribution < 1.29 is 5.11 Å². The fourth-order valence-corrected chi connectivity index (χ4v) is 5.76. The molecule has 0 aliphatic heterocycles. The maximum atomic E-state index is 12.3. The fourth-order valence-electron chi connectivity index (χ4n) is 5.49. The maximum Gasteiger partial charge on any atom is 0.0706 e. The number of thiol groups is 1. The second kappa shape index (κ2) is 8.34. The molecule has 1 N–H and O–H groups in total. The van der Waals surface area contributed by atoms with Gasteiger partial charge in [0, 0.05) is 0 Å². The molecular weight excluding hydrogens is 372 g/mol. The summed E-state index contributed by atoms with van der Waals surface area (Å²) in [7, 11) is 0. The summed E-state index contributed by atoms with van der Waals surface area (Å²) in [5.74, 6) is 1.39. The van der Waals surface area contributed by atoms with Gasteiger partial charge in [0.25, 0.3) is 0 Å². The van der Waals surface area contributed by atoms with Crippen molar-refractivity contribution in [3.05, 3.63) is 0 Å². The Hall–Kier alpha value is 0.310. The van der Waals surface area contributed by atoms with Crippen molar-refractivity contribution >= 4 is 12.6 Å². The van der Waals surface area contributed by atoms with Crippen LogP contribution in [0.5, 0.6) is 0 Å². The van der Waals surface area contributed by atoms with Gasteiger partial charge in [-0.1, -0.05) is 110 Å². The average molecular weight is 429 g/mol. The number of aliphatic hydroxyl groups is 1. The third-order valence-corrected chi connectivity index (χ3v) is 12.4. The highest BCUT2D eigenvalue weighted by molar-refractivity contribution is 7.80. The molecule has 176 valence electrons. The van der Waals surface area contributed by atoms with E-state index < -0.39 is 5.60 Å². The number of hydrogen-bond acceptors (Lipinski definition) is 2. The Kier molecular flexibility index (Phi) is 8.43. The van der Waals surface area contributed by atoms with Crippen LogP contribution in [0.3, 0.4) is 0 Å². The van der Waals surface area contributed by atoms with Gasteiger partial charge in [-0.3, -0.25) is 0 Å². The molecule has 0 bridgehead atoms. The van der Waals surface area contributed by atoms with Crippen LogP contribution in [-0.4, -0.2) is 16.5 Å². The molecule has 0 aliphatic rings. The highest BCUT2D eigenvalue weighted by Gasteiger charge is 2.62. The third kappa shape index (κ3) is 4.46. The van der Waals surface area contributed by atoms with Crippen LogP contribution in [0.1, 0.15) is 117 Å². The average Bonchev–Trinajstić information content (AvgIpc) is 2.59. The molecule has 3 unspecified atom stereocenters. The highest BCUT2D eigenvalue weighted by atomic mass is 32.1. The predicted molar refractivity (Wildman–Crippen MR) is 136 cm³/mol. The van der Waals surface area contributed by atoms with Crippen LogP contribution in [0.15, 0.2) is 0 Å². The van der Waals surface area contributed by atoms with Gasteiger partial charge in [0.2, 0.25) is 0 Å². The largest absolute Gasteiger partial charge is 0.389 e. The summed E-state index contributed by atoms with van der Waals surface area (Å²) in [5, 5.41) is 12.3. The second-order valence-electron chi connectivity index (χ2n) is 13.7. The minimum Gasteiger partial charge on any atom is -0.389 e. The van der Waals surface area contributed by atoms with Gasteiger partial charge >= 0.3 is 0 Å². The van der Waals surface area contributed by atoms with Crippen molar-refractivity contribution in [2.45, 2.75) is 123 Å². The molecule has 0 aromatic carbocycles. The molecule has 0 amide bonds. The van der Waals surface area contributed by atoms with Crippen LogP contribution >= 0.6 is 12.6 Å². The van der Waals surface area contributed by atoms with Gasteiger partial charge < -0.3 is 5.11 Å². The quantitative estimate of drug-likeness (QED) is 0.334. The third-order valence-electron chi connectivity index (χ3n) is 11.6. The molecular formula is C27H56OS. The van der Waals surface area contributed by atoms with Crippen LogP contribution in [-0.2, 0) is 0 Å². The van der Waals surface area contributed by atoms with Crippen molar-refractivity contribution in [3.63, 3.8) is 0 Å². The molecule has 3 atom stereocenters. The molecule has 0 fully saturated rings. The van der Waals surface area contributed by atoms with Crippen molar-refractivity contribution in [2.24, 2.45) is 44.3 Å². The van der Waals surface area contributed by atoms with E-state index in [0.717, 1.165) is 12.2 Å². The van der Waals surface area contributed by atoms with E-state index in [2.05, 4.69) is 123 Å². The molecule has 29 heavy (non-hydrogen) atoms. The lowest BCUT2D eigenvalue weighted by molar-refractivity contribution is -0.220. The van der Waals surface area contributed by atoms with E-state index in [0.29, 0.717) is 5.92 Å². The zero-order valence-electron chi connectivity index (χ0n) is 23.0. The normalized spacial score (nSPS) is 19.7. The first-order valence-electron chi connectivity index (χ1n) is 11.8. The van der Waals surface area contributed by atoms with E-state index in [4.69, 9.17) is 0 Å². The van der Waals surface area contributed by atoms with Crippen LogP contribution < -0.4 is 0 Å². The summed E-state index contributed by atoms with van der Waals surface area (Å²) < 4.78 is 0. The van der Waals surface area contributed by atoms with Crippen molar-refractivity contribution in [1.29, 1.82) is 0 Å². The van der Waals surface area contributed by atoms with E-state index in [1.54, 1.807) is 0 Å². The van der Waals surface area contributed by atoms with Crippen LogP contribution in [0.4, 0.5) is 0 Å². The second-order valence-corrected chi connectivity index (χ2v) is 14.0. The monoisotopic (exact) mass is 428 g/mol. The summed E-state index contributed by atoms with van der Waals surface area (Å²) in [6.45, 7) is 37.2. The summed E-state index contributed by atoms with van der Waals surface area (Å²) in [4.78, 5) is 0. The standard InChI is InChI=1S/C27H56OS/c1-17-22(6,7)24(10,11)25(12,13)26(14,15)27(16,28)20(3)23(8,9)19(2)21(4,5)18-29/h19-20,28-29H,17-18H2,1-16H3. The van der Waals surface area contributed by atoms with Gasteiger partial charge in [0.1, 0.15) is 0 Å². The molecule has 0 spiro atoms. The summed E-state index contributed by atoms with van der Waals surface area (Å²) in [5.41, 5.74) is -0.922. The highest BCUT2D eigenvalue weighted by Crippen LogP contribution is 2.65. The molecule has 0 saturated heterocycles. The minimum absolute atomic E-state index is 0.0342. The molecule has 0 aliphatic carbocycles. The van der Waals surface area contributed by atoms with E-state index in [1.807, 2.05) is 0 Å². The van der Waals surface area contributed by atoms with E-state index in [1.165, 1.54) is 0 Å². The molecule has 0 rings (SSSR count). The smallest absolute Gasteiger partial charge is 0.0706 e. The Morgan fingerprint density at radius 1 is 0.655 bits per heavy atom. The van der Waals surface area contributed by atoms with Gasteiger partial charge in [-0.15, -0.1) is 0 Å². The number of rotatable bonds is 10. The van der Waals surface area contributed by atoms with E-state index in [9.17, 15) is 5.11 Å². The lowest BCUT2D eigenvalue weighted by Crippen LogP contribution is -2.63. The Morgan fingerprint density at radius 2 is 1.03 bits per heavy atom. The molecule has 0 radical (unpaired) electrons. The summed E-state index contributed by atoms with van der Waals surface area (Å²) in [6, 6.07) is 0. The first-order valence-corrected chi connectivity index (χ1v) is 12.4. The van der Waals surface area contributed by atoms with Crippen molar-refractivity contribution in [2.75, 3.05) is 5.75 Å².